The summed E-state index contributed by atoms with van der Waals surface area (Å²) < 4.78 is 5.10. The molecule has 0 saturated carbocycles. The molecule has 0 N–H and O–H groups in total. The molecule has 3 nitrogen and oxygen atoms in total. The first-order chi connectivity index (χ1) is 16.1. The summed E-state index contributed by atoms with van der Waals surface area (Å²) in [6.07, 6.45) is 7.12. The molecule has 180 valence electrons. The second kappa shape index (κ2) is 13.0. The van der Waals surface area contributed by atoms with Crippen molar-refractivity contribution in [2.75, 3.05) is 35.8 Å². The lowest BCUT2D eigenvalue weighted by Crippen LogP contribution is -2.36. The van der Waals surface area contributed by atoms with E-state index in [4.69, 9.17) is 4.74 Å². The lowest BCUT2D eigenvalue weighted by molar-refractivity contribution is -0.139. The predicted molar refractivity (Wildman–Crippen MR) is 147 cm³/mol. The fourth-order valence-corrected chi connectivity index (χ4v) is 7.27. The van der Waals surface area contributed by atoms with Crippen LogP contribution in [0.15, 0.2) is 52.3 Å². The second-order valence-electron chi connectivity index (χ2n) is 8.60. The summed E-state index contributed by atoms with van der Waals surface area (Å²) in [5, 5.41) is 0. The lowest BCUT2D eigenvalue weighted by Gasteiger charge is -2.37. The van der Waals surface area contributed by atoms with Crippen LogP contribution in [0.2, 0.25) is 0 Å². The molecule has 33 heavy (non-hydrogen) atoms. The van der Waals surface area contributed by atoms with Gasteiger partial charge >= 0.3 is 5.97 Å². The zero-order valence-electron chi connectivity index (χ0n) is 20.4. The molecule has 1 unspecified atom stereocenters. The number of carbonyl (C=O) groups is 1. The average Bonchev–Trinajstić information content (AvgIpc) is 3.00. The first-order valence-electron chi connectivity index (χ1n) is 12.0. The number of hydrogen-bond donors (Lipinski definition) is 0. The Balaban J connectivity index is 1.95. The SMILES string of the molecule is CCCCC1(CC)CSc2cc(CSCC(=O)OCC)c(SC)cc2N(c2ccccc2)C1. The maximum Gasteiger partial charge on any atom is 0.315 e. The Bertz CT molecular complexity index is 906. The van der Waals surface area contributed by atoms with Crippen LogP contribution >= 0.6 is 35.3 Å². The summed E-state index contributed by atoms with van der Waals surface area (Å²) in [5.41, 5.74) is 4.20. The van der Waals surface area contributed by atoms with Crippen molar-refractivity contribution in [3.63, 3.8) is 0 Å². The Kier molecular flexibility index (Phi) is 10.4. The zero-order valence-corrected chi connectivity index (χ0v) is 22.8. The number of ether oxygens (including phenoxy) is 1. The molecule has 2 aromatic carbocycles. The number of esters is 1. The maximum atomic E-state index is 11.8. The largest absolute Gasteiger partial charge is 0.465 e. The quantitative estimate of drug-likeness (QED) is 0.228. The van der Waals surface area contributed by atoms with Gasteiger partial charge in [0, 0.05) is 33.5 Å². The van der Waals surface area contributed by atoms with Crippen molar-refractivity contribution in [3.05, 3.63) is 48.0 Å². The summed E-state index contributed by atoms with van der Waals surface area (Å²) >= 11 is 5.46. The third kappa shape index (κ3) is 6.89. The Labute approximate surface area is 212 Å². The number of thioether (sulfide) groups is 3. The summed E-state index contributed by atoms with van der Waals surface area (Å²) in [5.74, 6) is 2.24. The van der Waals surface area contributed by atoms with Gasteiger partial charge in [0.25, 0.3) is 0 Å². The Hall–Kier alpha value is -1.24. The van der Waals surface area contributed by atoms with Gasteiger partial charge in [-0.2, -0.15) is 0 Å². The van der Waals surface area contributed by atoms with E-state index in [1.165, 1.54) is 52.4 Å². The molecule has 0 aromatic heterocycles. The Morgan fingerprint density at radius 3 is 2.64 bits per heavy atom. The molecular weight excluding hydrogens is 467 g/mol. The van der Waals surface area contributed by atoms with E-state index in [0.717, 1.165) is 18.1 Å². The minimum atomic E-state index is -0.128. The molecule has 1 heterocycles. The van der Waals surface area contributed by atoms with Crippen LogP contribution < -0.4 is 4.90 Å². The van der Waals surface area contributed by atoms with Gasteiger partial charge < -0.3 is 9.64 Å². The van der Waals surface area contributed by atoms with Crippen LogP contribution in [0.5, 0.6) is 0 Å². The van der Waals surface area contributed by atoms with Gasteiger partial charge in [0.05, 0.1) is 18.0 Å². The molecule has 0 saturated heterocycles. The normalized spacial score (nSPS) is 18.0. The van der Waals surface area contributed by atoms with Crippen LogP contribution in [0.3, 0.4) is 0 Å². The van der Waals surface area contributed by atoms with Gasteiger partial charge in [0.15, 0.2) is 0 Å². The topological polar surface area (TPSA) is 29.5 Å². The Morgan fingerprint density at radius 2 is 1.97 bits per heavy atom. The number of anilines is 2. The molecule has 0 bridgehead atoms. The molecule has 1 aliphatic rings. The maximum absolute atomic E-state index is 11.8. The molecule has 0 aliphatic carbocycles. The van der Waals surface area contributed by atoms with Crippen LogP contribution in [0.25, 0.3) is 0 Å². The number of rotatable bonds is 11. The fourth-order valence-electron chi connectivity index (χ4n) is 4.30. The van der Waals surface area contributed by atoms with Crippen LogP contribution in [0, 0.1) is 5.41 Å². The molecule has 3 rings (SSSR count). The van der Waals surface area contributed by atoms with E-state index in [-0.39, 0.29) is 5.97 Å². The van der Waals surface area contributed by atoms with Gasteiger partial charge in [0.2, 0.25) is 0 Å². The Morgan fingerprint density at radius 1 is 1.18 bits per heavy atom. The van der Waals surface area contributed by atoms with Gasteiger partial charge in [-0.25, -0.2) is 0 Å². The summed E-state index contributed by atoms with van der Waals surface area (Å²) in [4.78, 5) is 17.0. The molecule has 2 aromatic rings. The molecule has 1 atom stereocenters. The summed E-state index contributed by atoms with van der Waals surface area (Å²) in [6.45, 7) is 8.01. The van der Waals surface area contributed by atoms with Crippen molar-refractivity contribution in [3.8, 4) is 0 Å². The molecule has 0 radical (unpaired) electrons. The number of para-hydroxylation sites is 1. The molecule has 0 fully saturated rings. The molecule has 0 amide bonds. The van der Waals surface area contributed by atoms with Crippen LogP contribution in [-0.4, -0.2) is 36.9 Å². The van der Waals surface area contributed by atoms with E-state index in [0.29, 0.717) is 17.8 Å². The van der Waals surface area contributed by atoms with E-state index < -0.39 is 0 Å². The second-order valence-corrected chi connectivity index (χ2v) is 11.4. The van der Waals surface area contributed by atoms with Crippen molar-refractivity contribution in [2.45, 2.75) is 62.0 Å². The number of carbonyl (C=O) groups excluding carboxylic acids is 1. The smallest absolute Gasteiger partial charge is 0.315 e. The van der Waals surface area contributed by atoms with Crippen molar-refractivity contribution in [1.82, 2.24) is 0 Å². The number of nitrogens with zero attached hydrogens (tertiary/aromatic N) is 1. The fraction of sp³-hybridized carbons (Fsp3) is 0.519. The highest BCUT2D eigenvalue weighted by Crippen LogP contribution is 2.48. The molecule has 1 aliphatic heterocycles. The highest BCUT2D eigenvalue weighted by atomic mass is 32.2. The first-order valence-corrected chi connectivity index (χ1v) is 15.3. The number of unbranched alkanes of at least 4 members (excludes halogenated alkanes) is 1. The van der Waals surface area contributed by atoms with Gasteiger partial charge in [-0.3, -0.25) is 4.79 Å². The van der Waals surface area contributed by atoms with Crippen molar-refractivity contribution >= 4 is 52.6 Å². The molecular formula is C27H37NO2S3. The van der Waals surface area contributed by atoms with Crippen molar-refractivity contribution in [1.29, 1.82) is 0 Å². The van der Waals surface area contributed by atoms with E-state index >= 15 is 0 Å². The minimum Gasteiger partial charge on any atom is -0.465 e. The standard InChI is InChI=1S/C27H37NO2S3/c1-5-8-14-27(6-2)19-28(22-12-10-9-11-13-22)23-16-24(31-4)21(15-25(23)33-20-27)17-32-18-26(29)30-7-3/h9-13,15-16H,5-8,14,17-20H2,1-4H3. The van der Waals surface area contributed by atoms with Crippen molar-refractivity contribution in [2.24, 2.45) is 5.41 Å². The monoisotopic (exact) mass is 503 g/mol. The van der Waals surface area contributed by atoms with Crippen LogP contribution in [-0.2, 0) is 15.3 Å². The first kappa shape index (κ1) is 26.4. The molecule has 6 heteroatoms. The average molecular weight is 504 g/mol. The summed E-state index contributed by atoms with van der Waals surface area (Å²) in [6, 6.07) is 15.6. The van der Waals surface area contributed by atoms with E-state index in [1.807, 2.05) is 18.7 Å². The summed E-state index contributed by atoms with van der Waals surface area (Å²) in [7, 11) is 0. The number of fused-ring (bicyclic) bond motifs is 1. The number of benzene rings is 2. The highest BCUT2D eigenvalue weighted by Gasteiger charge is 2.35. The third-order valence-electron chi connectivity index (χ3n) is 6.34. The van der Waals surface area contributed by atoms with E-state index in [9.17, 15) is 4.79 Å². The van der Waals surface area contributed by atoms with Gasteiger partial charge in [-0.15, -0.1) is 35.3 Å². The minimum absolute atomic E-state index is 0.128. The van der Waals surface area contributed by atoms with E-state index in [2.05, 4.69) is 67.5 Å². The van der Waals surface area contributed by atoms with Gasteiger partial charge in [-0.05, 0) is 61.3 Å². The van der Waals surface area contributed by atoms with Gasteiger partial charge in [0.1, 0.15) is 0 Å². The zero-order chi connectivity index (χ0) is 23.7. The van der Waals surface area contributed by atoms with Gasteiger partial charge in [-0.1, -0.05) is 44.9 Å². The number of hydrogen-bond acceptors (Lipinski definition) is 6. The predicted octanol–water partition coefficient (Wildman–Crippen LogP) is 8.04. The van der Waals surface area contributed by atoms with Crippen LogP contribution in [0.1, 0.15) is 52.0 Å². The lowest BCUT2D eigenvalue weighted by atomic mass is 9.81. The van der Waals surface area contributed by atoms with Crippen molar-refractivity contribution < 1.29 is 9.53 Å². The highest BCUT2D eigenvalue weighted by molar-refractivity contribution is 8.00. The molecule has 0 spiro atoms. The van der Waals surface area contributed by atoms with Crippen LogP contribution in [0.4, 0.5) is 11.4 Å². The van der Waals surface area contributed by atoms with E-state index in [1.54, 1.807) is 23.5 Å². The third-order valence-corrected chi connectivity index (χ3v) is 9.51.